The molecule has 1 aliphatic heterocycles. The first-order chi connectivity index (χ1) is 11.5. The molecule has 5 fully saturated rings. The Kier molecular flexibility index (Phi) is 3.91. The zero-order chi connectivity index (χ0) is 16.6. The fourth-order valence-corrected chi connectivity index (χ4v) is 11.3. The van der Waals surface area contributed by atoms with Crippen molar-refractivity contribution in [1.29, 1.82) is 0 Å². The van der Waals surface area contributed by atoms with Gasteiger partial charge in [-0.2, -0.15) is 0 Å². The van der Waals surface area contributed by atoms with Gasteiger partial charge in [0.2, 0.25) is 0 Å². The molecule has 0 amide bonds. The third-order valence-electron chi connectivity index (χ3n) is 9.43. The first-order valence-electron chi connectivity index (χ1n) is 10.4. The minimum absolute atomic E-state index is 0.0186. The highest BCUT2D eigenvalue weighted by Gasteiger charge is 2.61. The summed E-state index contributed by atoms with van der Waals surface area (Å²) in [6.45, 7) is 5.10. The molecular formula is C21H34OS2. The lowest BCUT2D eigenvalue weighted by atomic mass is 9.45. The molecule has 1 heterocycles. The Balaban J connectivity index is 1.41. The van der Waals surface area contributed by atoms with Crippen LogP contribution in [0.1, 0.15) is 71.6 Å². The van der Waals surface area contributed by atoms with Crippen molar-refractivity contribution >= 4 is 23.5 Å². The summed E-state index contributed by atoms with van der Waals surface area (Å²) in [6.07, 6.45) is 12.4. The van der Waals surface area contributed by atoms with Gasteiger partial charge < -0.3 is 5.11 Å². The van der Waals surface area contributed by atoms with Gasteiger partial charge in [0.05, 0.1) is 10.2 Å². The molecule has 5 rings (SSSR count). The molecule has 4 saturated carbocycles. The van der Waals surface area contributed by atoms with E-state index in [1.807, 2.05) is 0 Å². The van der Waals surface area contributed by atoms with Gasteiger partial charge in [0.25, 0.3) is 0 Å². The number of aliphatic hydroxyl groups is 1. The van der Waals surface area contributed by atoms with Gasteiger partial charge in [-0.1, -0.05) is 13.8 Å². The van der Waals surface area contributed by atoms with Crippen LogP contribution in [0.2, 0.25) is 0 Å². The topological polar surface area (TPSA) is 20.2 Å². The predicted octanol–water partition coefficient (Wildman–Crippen LogP) is 5.57. The van der Waals surface area contributed by atoms with E-state index in [1.165, 1.54) is 62.9 Å². The molecule has 0 aromatic heterocycles. The first-order valence-corrected chi connectivity index (χ1v) is 12.4. The van der Waals surface area contributed by atoms with Crippen molar-refractivity contribution in [3.63, 3.8) is 0 Å². The third kappa shape index (κ3) is 2.19. The highest BCUT2D eigenvalue weighted by atomic mass is 32.2. The normalized spacial score (nSPS) is 55.9. The van der Waals surface area contributed by atoms with Gasteiger partial charge in [0, 0.05) is 11.5 Å². The van der Waals surface area contributed by atoms with Crippen LogP contribution < -0.4 is 0 Å². The molecule has 0 bridgehead atoms. The van der Waals surface area contributed by atoms with Crippen molar-refractivity contribution in [3.8, 4) is 0 Å². The van der Waals surface area contributed by atoms with Crippen LogP contribution in [-0.2, 0) is 0 Å². The van der Waals surface area contributed by atoms with Crippen LogP contribution in [0.15, 0.2) is 0 Å². The summed E-state index contributed by atoms with van der Waals surface area (Å²) < 4.78 is 0.601. The van der Waals surface area contributed by atoms with Crippen LogP contribution in [0.25, 0.3) is 0 Å². The van der Waals surface area contributed by atoms with Crippen LogP contribution in [0.4, 0.5) is 0 Å². The zero-order valence-electron chi connectivity index (χ0n) is 15.4. The predicted molar refractivity (Wildman–Crippen MR) is 105 cm³/mol. The van der Waals surface area contributed by atoms with Gasteiger partial charge in [0.15, 0.2) is 0 Å². The lowest BCUT2D eigenvalue weighted by molar-refractivity contribution is -0.121. The fourth-order valence-electron chi connectivity index (χ4n) is 7.93. The molecule has 24 heavy (non-hydrogen) atoms. The highest BCUT2D eigenvalue weighted by Crippen LogP contribution is 2.69. The standard InChI is InChI=1S/C21H34OS2/c1-19-9-10-21(23-11-12-24-21)13-14(19)3-4-15-16-5-6-18(22)20(16,2)8-7-17(15)19/h14-18,22H,3-13H2,1-2H3/t14-,15-,16-,17-,18+,19-,20-/m0/s1. The maximum Gasteiger partial charge on any atom is 0.0614 e. The maximum atomic E-state index is 10.6. The lowest BCUT2D eigenvalue weighted by Crippen LogP contribution is -2.55. The van der Waals surface area contributed by atoms with Gasteiger partial charge in [0.1, 0.15) is 0 Å². The third-order valence-corrected chi connectivity index (χ3v) is 13.0. The van der Waals surface area contributed by atoms with Gasteiger partial charge in [-0.05, 0) is 92.3 Å². The molecule has 136 valence electrons. The minimum Gasteiger partial charge on any atom is -0.393 e. The Hall–Kier alpha value is 0.660. The molecule has 5 aliphatic rings. The van der Waals surface area contributed by atoms with Crippen LogP contribution in [0.5, 0.6) is 0 Å². The maximum absolute atomic E-state index is 10.6. The van der Waals surface area contributed by atoms with Gasteiger partial charge in [-0.3, -0.25) is 0 Å². The summed E-state index contributed by atoms with van der Waals surface area (Å²) in [5.74, 6) is 6.43. The summed E-state index contributed by atoms with van der Waals surface area (Å²) in [6, 6.07) is 0. The van der Waals surface area contributed by atoms with E-state index in [0.29, 0.717) is 9.49 Å². The average Bonchev–Trinajstić information content (AvgIpc) is 3.14. The van der Waals surface area contributed by atoms with E-state index >= 15 is 0 Å². The number of rotatable bonds is 0. The molecule has 0 radical (unpaired) electrons. The van der Waals surface area contributed by atoms with Gasteiger partial charge >= 0.3 is 0 Å². The van der Waals surface area contributed by atoms with Crippen molar-refractivity contribution in [2.24, 2.45) is 34.5 Å². The average molecular weight is 367 g/mol. The molecule has 0 unspecified atom stereocenters. The molecule has 0 aromatic carbocycles. The van der Waals surface area contributed by atoms with E-state index in [9.17, 15) is 5.11 Å². The molecule has 4 aliphatic carbocycles. The largest absolute Gasteiger partial charge is 0.393 e. The monoisotopic (exact) mass is 366 g/mol. The van der Waals surface area contributed by atoms with Crippen LogP contribution >= 0.6 is 23.5 Å². The summed E-state index contributed by atoms with van der Waals surface area (Å²) in [5.41, 5.74) is 0.851. The molecule has 0 aromatic rings. The molecule has 1 saturated heterocycles. The molecule has 3 heteroatoms. The Morgan fingerprint density at radius 1 is 0.792 bits per heavy atom. The summed E-state index contributed by atoms with van der Waals surface area (Å²) >= 11 is 4.59. The number of hydrogen-bond acceptors (Lipinski definition) is 3. The van der Waals surface area contributed by atoms with E-state index in [0.717, 1.165) is 30.1 Å². The van der Waals surface area contributed by atoms with Crippen LogP contribution in [0, 0.1) is 34.5 Å². The lowest BCUT2D eigenvalue weighted by Gasteiger charge is -2.62. The van der Waals surface area contributed by atoms with E-state index in [-0.39, 0.29) is 11.5 Å². The fraction of sp³-hybridized carbons (Fsp3) is 1.00. The van der Waals surface area contributed by atoms with E-state index in [2.05, 4.69) is 37.4 Å². The van der Waals surface area contributed by atoms with E-state index in [1.54, 1.807) is 0 Å². The SMILES string of the molecule is C[C@]12CCC3(C[C@@H]1CC[C@@H]1[C@@H]2CC[C@]2(C)[C@H](O)CC[C@@H]12)SCCS3. The summed E-state index contributed by atoms with van der Waals surface area (Å²) in [7, 11) is 0. The van der Waals surface area contributed by atoms with Gasteiger partial charge in [-0.25, -0.2) is 0 Å². The van der Waals surface area contributed by atoms with Crippen LogP contribution in [0.3, 0.4) is 0 Å². The second kappa shape index (κ2) is 5.58. The van der Waals surface area contributed by atoms with E-state index in [4.69, 9.17) is 0 Å². The van der Waals surface area contributed by atoms with Crippen molar-refractivity contribution in [1.82, 2.24) is 0 Å². The molecule has 1 nitrogen and oxygen atoms in total. The quantitative estimate of drug-likeness (QED) is 0.605. The number of aliphatic hydroxyl groups excluding tert-OH is 1. The summed E-state index contributed by atoms with van der Waals surface area (Å²) in [4.78, 5) is 0. The first kappa shape index (κ1) is 16.8. The second-order valence-electron chi connectivity index (χ2n) is 10.1. The van der Waals surface area contributed by atoms with Crippen molar-refractivity contribution in [2.45, 2.75) is 81.8 Å². The summed E-state index contributed by atoms with van der Waals surface area (Å²) in [5, 5.41) is 10.6. The van der Waals surface area contributed by atoms with Crippen molar-refractivity contribution in [3.05, 3.63) is 0 Å². The minimum atomic E-state index is -0.0186. The van der Waals surface area contributed by atoms with E-state index < -0.39 is 0 Å². The van der Waals surface area contributed by atoms with Crippen molar-refractivity contribution in [2.75, 3.05) is 11.5 Å². The zero-order valence-corrected chi connectivity index (χ0v) is 17.1. The molecule has 1 N–H and O–H groups in total. The molecular weight excluding hydrogens is 332 g/mol. The Morgan fingerprint density at radius 3 is 2.33 bits per heavy atom. The highest BCUT2D eigenvalue weighted by molar-refractivity contribution is 8.21. The number of hydrogen-bond donors (Lipinski definition) is 1. The van der Waals surface area contributed by atoms with Crippen LogP contribution in [-0.4, -0.2) is 26.8 Å². The number of thioether (sulfide) groups is 2. The smallest absolute Gasteiger partial charge is 0.0614 e. The Morgan fingerprint density at radius 2 is 1.54 bits per heavy atom. The molecule has 7 atom stereocenters. The van der Waals surface area contributed by atoms with Gasteiger partial charge in [-0.15, -0.1) is 23.5 Å². The van der Waals surface area contributed by atoms with Crippen molar-refractivity contribution < 1.29 is 5.11 Å². The Bertz CT molecular complexity index is 516. The number of fused-ring (bicyclic) bond motifs is 5. The Labute approximate surface area is 156 Å². The molecule has 1 spiro atoms. The second-order valence-corrected chi connectivity index (χ2v) is 13.3.